The summed E-state index contributed by atoms with van der Waals surface area (Å²) in [5.41, 5.74) is 7.08. The van der Waals surface area contributed by atoms with E-state index >= 15 is 0 Å². The van der Waals surface area contributed by atoms with Gasteiger partial charge in [-0.3, -0.25) is 30.6 Å². The quantitative estimate of drug-likeness (QED) is 0.625. The number of rotatable bonds is 4. The zero-order chi connectivity index (χ0) is 20.1. The maximum atomic E-state index is 12.4. The van der Waals surface area contributed by atoms with Crippen molar-refractivity contribution in [2.45, 2.75) is 19.8 Å². The van der Waals surface area contributed by atoms with Crippen molar-refractivity contribution in [2.75, 3.05) is 18.0 Å². The van der Waals surface area contributed by atoms with E-state index in [2.05, 4.69) is 10.9 Å². The number of hydrogen-bond donors (Lipinski definition) is 2. The Labute approximate surface area is 162 Å². The van der Waals surface area contributed by atoms with Crippen LogP contribution in [0.5, 0.6) is 0 Å². The van der Waals surface area contributed by atoms with Gasteiger partial charge in [0.2, 0.25) is 5.91 Å². The second-order valence-electron chi connectivity index (χ2n) is 6.82. The van der Waals surface area contributed by atoms with Crippen molar-refractivity contribution in [3.8, 4) is 0 Å². The number of aryl methyl sites for hydroxylation is 1. The first-order chi connectivity index (χ1) is 13.5. The van der Waals surface area contributed by atoms with Crippen molar-refractivity contribution in [1.82, 2.24) is 10.9 Å². The summed E-state index contributed by atoms with van der Waals surface area (Å²) in [5, 5.41) is 11.2. The summed E-state index contributed by atoms with van der Waals surface area (Å²) < 4.78 is 0. The Morgan fingerprint density at radius 1 is 1.04 bits per heavy atom. The van der Waals surface area contributed by atoms with E-state index in [0.717, 1.165) is 5.56 Å². The van der Waals surface area contributed by atoms with Crippen LogP contribution >= 0.6 is 0 Å². The number of piperidine rings is 1. The first kappa shape index (κ1) is 19.3. The molecular weight excluding hydrogens is 360 g/mol. The highest BCUT2D eigenvalue weighted by molar-refractivity contribution is 5.95. The van der Waals surface area contributed by atoms with Gasteiger partial charge in [-0.25, -0.2) is 0 Å². The monoisotopic (exact) mass is 382 g/mol. The summed E-state index contributed by atoms with van der Waals surface area (Å²) in [5.74, 6) is -0.870. The minimum absolute atomic E-state index is 0.0655. The lowest BCUT2D eigenvalue weighted by Crippen LogP contribution is -2.47. The zero-order valence-electron chi connectivity index (χ0n) is 15.6. The summed E-state index contributed by atoms with van der Waals surface area (Å²) in [6, 6.07) is 13.7. The average molecular weight is 382 g/mol. The number of nitrogens with zero attached hydrogens (tertiary/aromatic N) is 2. The number of amides is 2. The van der Waals surface area contributed by atoms with Gasteiger partial charge in [0.1, 0.15) is 5.69 Å². The maximum absolute atomic E-state index is 12.4. The lowest BCUT2D eigenvalue weighted by Gasteiger charge is -2.32. The molecule has 8 heteroatoms. The SMILES string of the molecule is Cc1ccc(C(=O)NNC(=O)C2CCN(c3ccccc3[N+](=O)[O-])CC2)cc1. The van der Waals surface area contributed by atoms with Crippen LogP contribution in [0.4, 0.5) is 11.4 Å². The van der Waals surface area contributed by atoms with Crippen LogP contribution in [-0.4, -0.2) is 29.8 Å². The molecule has 8 nitrogen and oxygen atoms in total. The molecule has 2 amide bonds. The Kier molecular flexibility index (Phi) is 5.88. The molecule has 1 aliphatic rings. The van der Waals surface area contributed by atoms with Crippen LogP contribution in [0.1, 0.15) is 28.8 Å². The van der Waals surface area contributed by atoms with E-state index in [0.29, 0.717) is 37.2 Å². The van der Waals surface area contributed by atoms with Crippen molar-refractivity contribution in [2.24, 2.45) is 5.92 Å². The molecule has 28 heavy (non-hydrogen) atoms. The average Bonchev–Trinajstić information content (AvgIpc) is 2.72. The molecule has 3 rings (SSSR count). The van der Waals surface area contributed by atoms with Crippen LogP contribution in [0.2, 0.25) is 0 Å². The summed E-state index contributed by atoms with van der Waals surface area (Å²) in [7, 11) is 0. The molecule has 0 saturated carbocycles. The number of hydrazine groups is 1. The van der Waals surface area contributed by atoms with Crippen LogP contribution < -0.4 is 15.8 Å². The molecule has 1 aliphatic heterocycles. The van der Waals surface area contributed by atoms with E-state index in [1.165, 1.54) is 6.07 Å². The van der Waals surface area contributed by atoms with Crippen molar-refractivity contribution in [1.29, 1.82) is 0 Å². The van der Waals surface area contributed by atoms with Crippen LogP contribution in [-0.2, 0) is 4.79 Å². The summed E-state index contributed by atoms with van der Waals surface area (Å²) in [6.07, 6.45) is 1.11. The third-order valence-corrected chi connectivity index (χ3v) is 4.90. The van der Waals surface area contributed by atoms with Crippen molar-refractivity contribution < 1.29 is 14.5 Å². The van der Waals surface area contributed by atoms with Crippen molar-refractivity contribution in [3.63, 3.8) is 0 Å². The van der Waals surface area contributed by atoms with E-state index in [4.69, 9.17) is 0 Å². The Bertz CT molecular complexity index is 874. The Balaban J connectivity index is 1.52. The molecule has 0 aliphatic carbocycles. The molecule has 1 fully saturated rings. The number of carbonyl (C=O) groups excluding carboxylic acids is 2. The first-order valence-electron chi connectivity index (χ1n) is 9.11. The second kappa shape index (κ2) is 8.51. The number of anilines is 1. The molecular formula is C20H22N4O4. The number of nitro benzene ring substituents is 1. The van der Waals surface area contributed by atoms with E-state index in [1.807, 2.05) is 24.0 Å². The molecule has 2 aromatic carbocycles. The number of nitrogens with one attached hydrogen (secondary N) is 2. The van der Waals surface area contributed by atoms with Gasteiger partial charge in [-0.05, 0) is 38.0 Å². The molecule has 0 atom stereocenters. The predicted molar refractivity (Wildman–Crippen MR) is 105 cm³/mol. The molecule has 0 radical (unpaired) electrons. The normalized spacial score (nSPS) is 14.4. The van der Waals surface area contributed by atoms with Gasteiger partial charge in [0, 0.05) is 30.6 Å². The van der Waals surface area contributed by atoms with Gasteiger partial charge in [-0.2, -0.15) is 0 Å². The van der Waals surface area contributed by atoms with Gasteiger partial charge in [0.05, 0.1) is 4.92 Å². The van der Waals surface area contributed by atoms with Gasteiger partial charge in [0.15, 0.2) is 0 Å². The predicted octanol–water partition coefficient (Wildman–Crippen LogP) is 2.58. The third-order valence-electron chi connectivity index (χ3n) is 4.90. The lowest BCUT2D eigenvalue weighted by atomic mass is 9.95. The summed E-state index contributed by atoms with van der Waals surface area (Å²) in [4.78, 5) is 37.2. The zero-order valence-corrected chi connectivity index (χ0v) is 15.6. The topological polar surface area (TPSA) is 105 Å². The fourth-order valence-electron chi connectivity index (χ4n) is 3.27. The Morgan fingerprint density at radius 3 is 2.32 bits per heavy atom. The van der Waals surface area contributed by atoms with Gasteiger partial charge in [-0.15, -0.1) is 0 Å². The number of hydrogen-bond acceptors (Lipinski definition) is 5. The van der Waals surface area contributed by atoms with E-state index in [-0.39, 0.29) is 23.4 Å². The van der Waals surface area contributed by atoms with Crippen LogP contribution in [0.25, 0.3) is 0 Å². The smallest absolute Gasteiger partial charge is 0.292 e. The number of para-hydroxylation sites is 2. The minimum atomic E-state index is -0.394. The molecule has 146 valence electrons. The van der Waals surface area contributed by atoms with E-state index in [1.54, 1.807) is 30.3 Å². The fraction of sp³-hybridized carbons (Fsp3) is 0.300. The minimum Gasteiger partial charge on any atom is -0.366 e. The van der Waals surface area contributed by atoms with Gasteiger partial charge < -0.3 is 4.90 Å². The molecule has 0 spiro atoms. The van der Waals surface area contributed by atoms with E-state index < -0.39 is 4.92 Å². The highest BCUT2D eigenvalue weighted by Gasteiger charge is 2.28. The molecule has 1 saturated heterocycles. The molecule has 0 bridgehead atoms. The van der Waals surface area contributed by atoms with Gasteiger partial charge >= 0.3 is 0 Å². The largest absolute Gasteiger partial charge is 0.366 e. The van der Waals surface area contributed by atoms with Crippen LogP contribution in [0, 0.1) is 23.0 Å². The van der Waals surface area contributed by atoms with Gasteiger partial charge in [-0.1, -0.05) is 29.8 Å². The van der Waals surface area contributed by atoms with Crippen LogP contribution in [0.15, 0.2) is 48.5 Å². The summed E-state index contributed by atoms with van der Waals surface area (Å²) in [6.45, 7) is 3.00. The van der Waals surface area contributed by atoms with Crippen molar-refractivity contribution >= 4 is 23.2 Å². The molecule has 0 aromatic heterocycles. The number of nitro groups is 1. The lowest BCUT2D eigenvalue weighted by molar-refractivity contribution is -0.384. The standard InChI is InChI=1S/C20H22N4O4/c1-14-6-8-15(9-7-14)19(25)21-22-20(26)16-10-12-23(13-11-16)17-4-2-3-5-18(17)24(27)28/h2-9,16H,10-13H2,1H3,(H,21,25)(H,22,26). The first-order valence-corrected chi connectivity index (χ1v) is 9.11. The fourth-order valence-corrected chi connectivity index (χ4v) is 3.27. The van der Waals surface area contributed by atoms with E-state index in [9.17, 15) is 19.7 Å². The highest BCUT2D eigenvalue weighted by Crippen LogP contribution is 2.31. The maximum Gasteiger partial charge on any atom is 0.292 e. The number of carbonyl (C=O) groups is 2. The Morgan fingerprint density at radius 2 is 1.68 bits per heavy atom. The van der Waals surface area contributed by atoms with Crippen molar-refractivity contribution in [3.05, 3.63) is 69.8 Å². The summed E-state index contributed by atoms with van der Waals surface area (Å²) >= 11 is 0. The molecule has 2 N–H and O–H groups in total. The Hall–Kier alpha value is -3.42. The van der Waals surface area contributed by atoms with Gasteiger partial charge in [0.25, 0.3) is 11.6 Å². The second-order valence-corrected chi connectivity index (χ2v) is 6.82. The molecule has 0 unspecified atom stereocenters. The van der Waals surface area contributed by atoms with Crippen LogP contribution in [0.3, 0.4) is 0 Å². The highest BCUT2D eigenvalue weighted by atomic mass is 16.6. The third kappa shape index (κ3) is 4.46. The number of benzene rings is 2. The molecule has 2 aromatic rings. The molecule has 1 heterocycles.